The molecule has 1 heterocycles. The van der Waals surface area contributed by atoms with Gasteiger partial charge in [0.05, 0.1) is 18.1 Å². The van der Waals surface area contributed by atoms with E-state index in [-0.39, 0.29) is 35.8 Å². The van der Waals surface area contributed by atoms with Gasteiger partial charge in [0.2, 0.25) is 5.91 Å². The molecule has 1 aromatic rings. The first kappa shape index (κ1) is 14.9. The summed E-state index contributed by atoms with van der Waals surface area (Å²) in [5, 5.41) is 5.68. The number of rotatable bonds is 4. The highest BCUT2D eigenvalue weighted by atomic mass is 32.2. The lowest BCUT2D eigenvalue weighted by atomic mass is 10.1. The molecule has 1 aromatic carbocycles. The number of hydrogen-bond acceptors (Lipinski definition) is 4. The first-order valence-corrected chi connectivity index (χ1v) is 8.26. The smallest absolute Gasteiger partial charge is 0.238 e. The molecule has 0 bridgehead atoms. The van der Waals surface area contributed by atoms with Crippen LogP contribution in [0, 0.1) is 5.82 Å². The molecule has 1 saturated heterocycles. The standard InChI is InChI=1S/C13H17FN2O3S/c14-10-1-3-12(4-2-10)16-13(17)9-15-11-5-7-20(18,19)8-6-11/h1-4,11,15H,5-9H2,(H,16,17). The zero-order chi connectivity index (χ0) is 14.6. The fraction of sp³-hybridized carbons (Fsp3) is 0.462. The van der Waals surface area contributed by atoms with Gasteiger partial charge < -0.3 is 10.6 Å². The van der Waals surface area contributed by atoms with E-state index >= 15 is 0 Å². The first-order valence-electron chi connectivity index (χ1n) is 6.44. The summed E-state index contributed by atoms with van der Waals surface area (Å²) in [4.78, 5) is 11.7. The summed E-state index contributed by atoms with van der Waals surface area (Å²) in [6.07, 6.45) is 1.07. The van der Waals surface area contributed by atoms with E-state index in [0.717, 1.165) is 0 Å². The zero-order valence-electron chi connectivity index (χ0n) is 10.9. The fourth-order valence-electron chi connectivity index (χ4n) is 2.07. The quantitative estimate of drug-likeness (QED) is 0.867. The molecule has 1 fully saturated rings. The summed E-state index contributed by atoms with van der Waals surface area (Å²) in [7, 11) is -2.88. The molecule has 1 amide bonds. The summed E-state index contributed by atoms with van der Waals surface area (Å²) in [6.45, 7) is 0.113. The third-order valence-electron chi connectivity index (χ3n) is 3.23. The minimum absolute atomic E-state index is 0.0532. The molecular formula is C13H17FN2O3S. The second-order valence-electron chi connectivity index (χ2n) is 4.86. The average molecular weight is 300 g/mol. The van der Waals surface area contributed by atoms with E-state index in [2.05, 4.69) is 10.6 Å². The van der Waals surface area contributed by atoms with Crippen molar-refractivity contribution >= 4 is 21.4 Å². The van der Waals surface area contributed by atoms with Crippen LogP contribution in [0.15, 0.2) is 24.3 Å². The minimum atomic E-state index is -2.88. The Labute approximate surface area is 117 Å². The molecule has 5 nitrogen and oxygen atoms in total. The second kappa shape index (κ2) is 6.32. The number of sulfone groups is 1. The summed E-state index contributed by atoms with van der Waals surface area (Å²) < 4.78 is 35.2. The van der Waals surface area contributed by atoms with Crippen molar-refractivity contribution in [3.63, 3.8) is 0 Å². The van der Waals surface area contributed by atoms with Crippen LogP contribution in [0.5, 0.6) is 0 Å². The molecule has 0 saturated carbocycles. The molecule has 0 radical (unpaired) electrons. The molecule has 2 N–H and O–H groups in total. The van der Waals surface area contributed by atoms with E-state index < -0.39 is 9.84 Å². The van der Waals surface area contributed by atoms with E-state index in [4.69, 9.17) is 0 Å². The van der Waals surface area contributed by atoms with Crippen LogP contribution < -0.4 is 10.6 Å². The molecule has 0 spiro atoms. The molecule has 0 aliphatic carbocycles. The van der Waals surface area contributed by atoms with Gasteiger partial charge >= 0.3 is 0 Å². The Balaban J connectivity index is 1.74. The number of carbonyl (C=O) groups excluding carboxylic acids is 1. The highest BCUT2D eigenvalue weighted by Crippen LogP contribution is 2.12. The van der Waals surface area contributed by atoms with Gasteiger partial charge in [-0.3, -0.25) is 4.79 Å². The number of hydrogen-bond donors (Lipinski definition) is 2. The van der Waals surface area contributed by atoms with E-state index in [9.17, 15) is 17.6 Å². The van der Waals surface area contributed by atoms with Gasteiger partial charge in [-0.2, -0.15) is 0 Å². The summed E-state index contributed by atoms with van der Waals surface area (Å²) in [6, 6.07) is 5.57. The summed E-state index contributed by atoms with van der Waals surface area (Å²) in [5.41, 5.74) is 0.532. The number of halogens is 1. The maximum absolute atomic E-state index is 12.7. The Hall–Kier alpha value is -1.47. The van der Waals surface area contributed by atoms with Gasteiger partial charge in [0.15, 0.2) is 0 Å². The van der Waals surface area contributed by atoms with Crippen molar-refractivity contribution in [1.29, 1.82) is 0 Å². The van der Waals surface area contributed by atoms with E-state index in [1.165, 1.54) is 24.3 Å². The third kappa shape index (κ3) is 4.57. The highest BCUT2D eigenvalue weighted by Gasteiger charge is 2.23. The minimum Gasteiger partial charge on any atom is -0.325 e. The number of anilines is 1. The summed E-state index contributed by atoms with van der Waals surface area (Å²) in [5.74, 6) is -0.247. The number of carbonyl (C=O) groups is 1. The van der Waals surface area contributed by atoms with Crippen molar-refractivity contribution in [1.82, 2.24) is 5.32 Å². The van der Waals surface area contributed by atoms with Crippen molar-refractivity contribution in [2.24, 2.45) is 0 Å². The number of nitrogens with one attached hydrogen (secondary N) is 2. The lowest BCUT2D eigenvalue weighted by molar-refractivity contribution is -0.115. The molecule has 0 aromatic heterocycles. The third-order valence-corrected chi connectivity index (χ3v) is 4.95. The van der Waals surface area contributed by atoms with Gasteiger partial charge in [-0.25, -0.2) is 12.8 Å². The fourth-order valence-corrected chi connectivity index (χ4v) is 3.56. The van der Waals surface area contributed by atoms with Crippen LogP contribution in [-0.4, -0.2) is 38.4 Å². The largest absolute Gasteiger partial charge is 0.325 e. The van der Waals surface area contributed by atoms with Gasteiger partial charge in [-0.05, 0) is 37.1 Å². The molecule has 2 rings (SSSR count). The predicted molar refractivity (Wildman–Crippen MR) is 74.7 cm³/mol. The summed E-state index contributed by atoms with van der Waals surface area (Å²) >= 11 is 0. The topological polar surface area (TPSA) is 75.3 Å². The van der Waals surface area contributed by atoms with Crippen LogP contribution in [-0.2, 0) is 14.6 Å². The van der Waals surface area contributed by atoms with Crippen LogP contribution in [0.1, 0.15) is 12.8 Å². The van der Waals surface area contributed by atoms with Gasteiger partial charge in [-0.1, -0.05) is 0 Å². The average Bonchev–Trinajstić information content (AvgIpc) is 2.40. The zero-order valence-corrected chi connectivity index (χ0v) is 11.7. The van der Waals surface area contributed by atoms with Gasteiger partial charge in [0, 0.05) is 11.7 Å². The van der Waals surface area contributed by atoms with E-state index in [1.807, 2.05) is 0 Å². The van der Waals surface area contributed by atoms with Crippen LogP contribution in [0.2, 0.25) is 0 Å². The molecule has 7 heteroatoms. The maximum Gasteiger partial charge on any atom is 0.238 e. The highest BCUT2D eigenvalue weighted by molar-refractivity contribution is 7.91. The van der Waals surface area contributed by atoms with Gasteiger partial charge in [0.1, 0.15) is 15.7 Å². The second-order valence-corrected chi connectivity index (χ2v) is 7.17. The van der Waals surface area contributed by atoms with Crippen molar-refractivity contribution in [3.8, 4) is 0 Å². The van der Waals surface area contributed by atoms with Crippen molar-refractivity contribution < 1.29 is 17.6 Å². The normalized spacial score (nSPS) is 18.6. The monoisotopic (exact) mass is 300 g/mol. The Morgan fingerprint density at radius 3 is 2.40 bits per heavy atom. The van der Waals surface area contributed by atoms with E-state index in [0.29, 0.717) is 18.5 Å². The molecular weight excluding hydrogens is 283 g/mol. The SMILES string of the molecule is O=C(CNC1CCS(=O)(=O)CC1)Nc1ccc(F)cc1. The Morgan fingerprint density at radius 1 is 1.20 bits per heavy atom. The Morgan fingerprint density at radius 2 is 1.80 bits per heavy atom. The van der Waals surface area contributed by atoms with Crippen LogP contribution in [0.4, 0.5) is 10.1 Å². The number of amides is 1. The molecule has 110 valence electrons. The maximum atomic E-state index is 12.7. The Kier molecular flexibility index (Phi) is 4.72. The lowest BCUT2D eigenvalue weighted by Crippen LogP contribution is -2.41. The molecule has 0 atom stereocenters. The van der Waals surface area contributed by atoms with Crippen LogP contribution in [0.25, 0.3) is 0 Å². The van der Waals surface area contributed by atoms with E-state index in [1.54, 1.807) is 0 Å². The molecule has 20 heavy (non-hydrogen) atoms. The van der Waals surface area contributed by atoms with Crippen LogP contribution in [0.3, 0.4) is 0 Å². The lowest BCUT2D eigenvalue weighted by Gasteiger charge is -2.22. The molecule has 0 unspecified atom stereocenters. The predicted octanol–water partition coefficient (Wildman–Crippen LogP) is 0.931. The number of benzene rings is 1. The van der Waals surface area contributed by atoms with Crippen molar-refractivity contribution in [3.05, 3.63) is 30.1 Å². The first-order chi connectivity index (χ1) is 9.44. The van der Waals surface area contributed by atoms with Crippen molar-refractivity contribution in [2.45, 2.75) is 18.9 Å². The van der Waals surface area contributed by atoms with Gasteiger partial charge in [-0.15, -0.1) is 0 Å². The molecule has 1 aliphatic rings. The molecule has 1 aliphatic heterocycles. The van der Waals surface area contributed by atoms with Gasteiger partial charge in [0.25, 0.3) is 0 Å². The van der Waals surface area contributed by atoms with Crippen molar-refractivity contribution in [2.75, 3.05) is 23.4 Å². The Bertz CT molecular complexity index is 558. The van der Waals surface area contributed by atoms with Crippen LogP contribution >= 0.6 is 0 Å².